The molecule has 7 nitrogen and oxygen atoms in total. The Morgan fingerprint density at radius 3 is 2.31 bits per heavy atom. The fourth-order valence-electron chi connectivity index (χ4n) is 3.25. The number of hydrogen-bond acceptors (Lipinski definition) is 7. The van der Waals surface area contributed by atoms with Crippen molar-refractivity contribution >= 4 is 23.5 Å². The number of anilines is 3. The smallest absolute Gasteiger partial charge is 0.152 e. The van der Waals surface area contributed by atoms with Crippen LogP contribution in [0.1, 0.15) is 17.3 Å². The molecule has 0 radical (unpaired) electrons. The lowest BCUT2D eigenvalue weighted by atomic mass is 10.2. The van der Waals surface area contributed by atoms with Crippen LogP contribution < -0.4 is 20.3 Å². The van der Waals surface area contributed by atoms with Gasteiger partial charge in [0, 0.05) is 51.2 Å². The number of aldehydes is 1. The fraction of sp³-hybridized carbons (Fsp3) is 0.208. The Hall–Kier alpha value is -4.12. The number of carbonyl (C=O) groups is 1. The van der Waals surface area contributed by atoms with Gasteiger partial charge in [-0.2, -0.15) is 5.26 Å². The maximum absolute atomic E-state index is 12.7. The maximum Gasteiger partial charge on any atom is 0.152 e. The second-order valence-electron chi connectivity index (χ2n) is 7.09. The molecule has 2 N–H and O–H groups in total. The SMILES string of the molecule is COc1ccc(C=O)c(F)c1.N#Cc1ccc(N2CCN(c3ccc(N)cc3)CC2)nc1.[HH]. The van der Waals surface area contributed by atoms with Crippen molar-refractivity contribution in [3.63, 3.8) is 0 Å². The van der Waals surface area contributed by atoms with Gasteiger partial charge in [0.25, 0.3) is 0 Å². The molecule has 1 aliphatic heterocycles. The van der Waals surface area contributed by atoms with Crippen molar-refractivity contribution in [2.45, 2.75) is 0 Å². The average molecular weight is 436 g/mol. The van der Waals surface area contributed by atoms with Crippen molar-refractivity contribution < 1.29 is 15.3 Å². The predicted octanol–water partition coefficient (Wildman–Crippen LogP) is 3.75. The standard InChI is InChI=1S/C16H17N5.C8H7FO2.H2/c17-11-13-1-6-16(19-12-13)21-9-7-20(8-10-21)15-4-2-14(18)3-5-15;1-11-7-3-2-6(5-10)8(9)4-7;/h1-6,12H,7-10,18H2;2-5H,1H3;1H. The van der Waals surface area contributed by atoms with Crippen LogP contribution in [0, 0.1) is 17.1 Å². The number of benzene rings is 2. The van der Waals surface area contributed by atoms with E-state index in [0.717, 1.165) is 37.7 Å². The Morgan fingerprint density at radius 2 is 1.78 bits per heavy atom. The zero-order valence-corrected chi connectivity index (χ0v) is 17.7. The first-order valence-electron chi connectivity index (χ1n) is 10.0. The number of ether oxygens (including phenoxy) is 1. The molecule has 0 bridgehead atoms. The molecule has 4 rings (SSSR count). The van der Waals surface area contributed by atoms with Gasteiger partial charge in [0.1, 0.15) is 23.5 Å². The van der Waals surface area contributed by atoms with Gasteiger partial charge in [0.2, 0.25) is 0 Å². The van der Waals surface area contributed by atoms with Crippen LogP contribution >= 0.6 is 0 Å². The number of hydrogen-bond donors (Lipinski definition) is 1. The summed E-state index contributed by atoms with van der Waals surface area (Å²) in [5.74, 6) is 0.790. The van der Waals surface area contributed by atoms with E-state index in [9.17, 15) is 9.18 Å². The summed E-state index contributed by atoms with van der Waals surface area (Å²) in [7, 11) is 1.44. The Labute approximate surface area is 187 Å². The second-order valence-corrected chi connectivity index (χ2v) is 7.09. The minimum absolute atomic E-state index is 0. The van der Waals surface area contributed by atoms with Crippen molar-refractivity contribution in [2.75, 3.05) is 48.8 Å². The van der Waals surface area contributed by atoms with E-state index in [4.69, 9.17) is 15.7 Å². The largest absolute Gasteiger partial charge is 0.497 e. The Kier molecular flexibility index (Phi) is 7.60. The molecular weight excluding hydrogens is 409 g/mol. The number of nitrogen functional groups attached to an aromatic ring is 1. The fourth-order valence-corrected chi connectivity index (χ4v) is 3.25. The Bertz CT molecular complexity index is 1080. The summed E-state index contributed by atoms with van der Waals surface area (Å²) in [6, 6.07) is 17.9. The molecule has 0 spiro atoms. The number of nitriles is 1. The van der Waals surface area contributed by atoms with Crippen molar-refractivity contribution in [2.24, 2.45) is 0 Å². The monoisotopic (exact) mass is 435 g/mol. The maximum atomic E-state index is 12.7. The van der Waals surface area contributed by atoms with E-state index in [1.54, 1.807) is 6.20 Å². The van der Waals surface area contributed by atoms with E-state index >= 15 is 0 Å². The quantitative estimate of drug-likeness (QED) is 0.492. The van der Waals surface area contributed by atoms with Crippen LogP contribution in [0.25, 0.3) is 0 Å². The summed E-state index contributed by atoms with van der Waals surface area (Å²) < 4.78 is 17.5. The van der Waals surface area contributed by atoms with E-state index < -0.39 is 5.82 Å². The van der Waals surface area contributed by atoms with Crippen LogP contribution in [-0.2, 0) is 0 Å². The molecule has 2 heterocycles. The molecule has 32 heavy (non-hydrogen) atoms. The molecule has 0 unspecified atom stereocenters. The topological polar surface area (TPSA) is 95.5 Å². The van der Waals surface area contributed by atoms with E-state index in [1.807, 2.05) is 24.3 Å². The van der Waals surface area contributed by atoms with E-state index in [2.05, 4.69) is 33.0 Å². The lowest BCUT2D eigenvalue weighted by Gasteiger charge is -2.36. The molecule has 1 aromatic heterocycles. The lowest BCUT2D eigenvalue weighted by molar-refractivity contribution is 0.111. The third kappa shape index (κ3) is 5.73. The van der Waals surface area contributed by atoms with Crippen LogP contribution in [0.4, 0.5) is 21.6 Å². The van der Waals surface area contributed by atoms with Gasteiger partial charge >= 0.3 is 0 Å². The molecule has 0 amide bonds. The van der Waals surface area contributed by atoms with E-state index in [1.165, 1.54) is 31.0 Å². The van der Waals surface area contributed by atoms with Gasteiger partial charge in [-0.1, -0.05) is 0 Å². The second kappa shape index (κ2) is 10.8. The highest BCUT2D eigenvalue weighted by Crippen LogP contribution is 2.20. The van der Waals surface area contributed by atoms with E-state index in [0.29, 0.717) is 17.6 Å². The molecule has 166 valence electrons. The van der Waals surface area contributed by atoms with Crippen LogP contribution in [-0.4, -0.2) is 44.6 Å². The summed E-state index contributed by atoms with van der Waals surface area (Å²) in [4.78, 5) is 19.1. The number of pyridine rings is 1. The highest BCUT2D eigenvalue weighted by atomic mass is 19.1. The average Bonchev–Trinajstić information content (AvgIpc) is 2.85. The van der Waals surface area contributed by atoms with Crippen LogP contribution in [0.2, 0.25) is 0 Å². The molecule has 2 aromatic carbocycles. The minimum atomic E-state index is -0.556. The molecule has 0 atom stereocenters. The summed E-state index contributed by atoms with van der Waals surface area (Å²) in [6.45, 7) is 3.74. The third-order valence-corrected chi connectivity index (χ3v) is 5.07. The van der Waals surface area contributed by atoms with Crippen molar-refractivity contribution in [3.05, 3.63) is 77.7 Å². The van der Waals surface area contributed by atoms with Crippen molar-refractivity contribution in [1.82, 2.24) is 4.98 Å². The summed E-state index contributed by atoms with van der Waals surface area (Å²) >= 11 is 0. The van der Waals surface area contributed by atoms with Crippen LogP contribution in [0.3, 0.4) is 0 Å². The Balaban J connectivity index is 0.000000274. The van der Waals surface area contributed by atoms with Gasteiger partial charge in [-0.15, -0.1) is 0 Å². The molecule has 0 aliphatic carbocycles. The van der Waals surface area contributed by atoms with Gasteiger partial charge in [0.15, 0.2) is 6.29 Å². The van der Waals surface area contributed by atoms with E-state index in [-0.39, 0.29) is 6.99 Å². The zero-order valence-electron chi connectivity index (χ0n) is 17.7. The van der Waals surface area contributed by atoms with Gasteiger partial charge in [-0.05, 0) is 48.5 Å². The number of methoxy groups -OCH3 is 1. The number of piperazine rings is 1. The molecule has 0 saturated carbocycles. The summed E-state index contributed by atoms with van der Waals surface area (Å²) in [5.41, 5.74) is 8.36. The number of nitrogens with zero attached hydrogens (tertiary/aromatic N) is 4. The zero-order chi connectivity index (χ0) is 22.9. The molecular formula is C24H26FN5O2. The number of nitrogens with two attached hydrogens (primary N) is 1. The third-order valence-electron chi connectivity index (χ3n) is 5.07. The molecule has 1 fully saturated rings. The summed E-state index contributed by atoms with van der Waals surface area (Å²) in [5, 5.41) is 8.80. The van der Waals surface area contributed by atoms with Crippen LogP contribution in [0.15, 0.2) is 60.8 Å². The minimum Gasteiger partial charge on any atom is -0.497 e. The highest BCUT2D eigenvalue weighted by molar-refractivity contribution is 5.75. The van der Waals surface area contributed by atoms with Crippen LogP contribution in [0.5, 0.6) is 5.75 Å². The van der Waals surface area contributed by atoms with Gasteiger partial charge in [-0.3, -0.25) is 4.79 Å². The normalized spacial score (nSPS) is 12.9. The van der Waals surface area contributed by atoms with Gasteiger partial charge in [0.05, 0.1) is 18.2 Å². The first-order chi connectivity index (χ1) is 15.5. The molecule has 1 saturated heterocycles. The number of rotatable bonds is 4. The first-order valence-corrected chi connectivity index (χ1v) is 10.0. The number of aromatic nitrogens is 1. The first kappa shape index (κ1) is 22.6. The Morgan fingerprint density at radius 1 is 1.09 bits per heavy atom. The highest BCUT2D eigenvalue weighted by Gasteiger charge is 2.18. The molecule has 8 heteroatoms. The summed E-state index contributed by atoms with van der Waals surface area (Å²) in [6.07, 6.45) is 2.09. The lowest BCUT2D eigenvalue weighted by Crippen LogP contribution is -2.46. The molecule has 1 aliphatic rings. The number of carbonyl (C=O) groups excluding carboxylic acids is 1. The van der Waals surface area contributed by atoms with Gasteiger partial charge in [-0.25, -0.2) is 9.37 Å². The number of halogens is 1. The molecule has 3 aromatic rings. The van der Waals surface area contributed by atoms with Crippen molar-refractivity contribution in [3.8, 4) is 11.8 Å². The predicted molar refractivity (Wildman–Crippen MR) is 125 cm³/mol. The van der Waals surface area contributed by atoms with Gasteiger partial charge < -0.3 is 20.3 Å². The van der Waals surface area contributed by atoms with Crippen molar-refractivity contribution in [1.29, 1.82) is 5.26 Å².